The molecule has 11 rings (SSSR count). The summed E-state index contributed by atoms with van der Waals surface area (Å²) in [5.74, 6) is 1.84. The first-order chi connectivity index (χ1) is 27.8. The molecule has 0 spiro atoms. The Morgan fingerprint density at radius 1 is 0.304 bits per heavy atom. The molecule has 0 aliphatic rings. The molecule has 0 aliphatic heterocycles. The monoisotopic (exact) mass is 715 g/mol. The fourth-order valence-corrected chi connectivity index (χ4v) is 8.34. The van der Waals surface area contributed by atoms with Crippen LogP contribution in [0, 0.1) is 0 Å². The van der Waals surface area contributed by atoms with E-state index < -0.39 is 0 Å². The van der Waals surface area contributed by atoms with Crippen LogP contribution >= 0.6 is 0 Å². The second-order valence-corrected chi connectivity index (χ2v) is 14.0. The molecule has 0 saturated heterocycles. The van der Waals surface area contributed by atoms with Crippen molar-refractivity contribution in [2.24, 2.45) is 0 Å². The van der Waals surface area contributed by atoms with Gasteiger partial charge in [-0.15, -0.1) is 0 Å². The van der Waals surface area contributed by atoms with Crippen molar-refractivity contribution in [2.75, 3.05) is 0 Å². The molecule has 3 aromatic heterocycles. The predicted octanol–water partition coefficient (Wildman–Crippen LogP) is 12.7. The van der Waals surface area contributed by atoms with Crippen LogP contribution < -0.4 is 0 Å². The summed E-state index contributed by atoms with van der Waals surface area (Å²) in [4.78, 5) is 15.3. The van der Waals surface area contributed by atoms with Crippen LogP contribution in [0.2, 0.25) is 0 Å². The Bertz CT molecular complexity index is 3180. The summed E-state index contributed by atoms with van der Waals surface area (Å²) < 4.78 is 4.57. The van der Waals surface area contributed by atoms with Crippen molar-refractivity contribution in [1.82, 2.24) is 24.1 Å². The second kappa shape index (κ2) is 13.0. The van der Waals surface area contributed by atoms with Crippen molar-refractivity contribution in [3.63, 3.8) is 0 Å². The zero-order valence-corrected chi connectivity index (χ0v) is 30.3. The lowest BCUT2D eigenvalue weighted by Gasteiger charge is -2.12. The molecule has 262 valence electrons. The van der Waals surface area contributed by atoms with Gasteiger partial charge in [0, 0.05) is 38.4 Å². The predicted molar refractivity (Wildman–Crippen MR) is 230 cm³/mol. The van der Waals surface area contributed by atoms with E-state index in [0.29, 0.717) is 17.6 Å². The molecule has 11 aromatic rings. The largest absolute Gasteiger partial charge is 0.309 e. The van der Waals surface area contributed by atoms with E-state index in [2.05, 4.69) is 149 Å². The Kier molecular flexibility index (Phi) is 7.42. The molecule has 0 atom stereocenters. The fraction of sp³-hybridized carbons (Fsp3) is 0. The average Bonchev–Trinajstić information content (AvgIpc) is 3.80. The van der Waals surface area contributed by atoms with Crippen LogP contribution in [-0.4, -0.2) is 24.1 Å². The minimum absolute atomic E-state index is 0.580. The standard InChI is InChI=1S/C51H33N5/c1-4-17-34(18-5-1)49-52-50(35-19-6-2-7-20-35)54-51(53-49)56-44-30-13-11-26-42(44)48-40(28-16-32-46(48)56)37-22-14-21-36(33-37)39-27-15-31-45-47(39)41-25-10-12-29-43(41)55(45)38-23-8-3-9-24-38/h1-33H. The summed E-state index contributed by atoms with van der Waals surface area (Å²) in [5, 5.41) is 4.78. The highest BCUT2D eigenvalue weighted by Gasteiger charge is 2.21. The molecule has 0 amide bonds. The van der Waals surface area contributed by atoms with Crippen molar-refractivity contribution in [3.05, 3.63) is 200 Å². The van der Waals surface area contributed by atoms with E-state index in [4.69, 9.17) is 15.0 Å². The molecular formula is C51H33N5. The number of benzene rings is 8. The molecule has 56 heavy (non-hydrogen) atoms. The first kappa shape index (κ1) is 31.9. The van der Waals surface area contributed by atoms with Crippen molar-refractivity contribution in [2.45, 2.75) is 0 Å². The van der Waals surface area contributed by atoms with Gasteiger partial charge in [0.25, 0.3) is 0 Å². The molecule has 5 heteroatoms. The van der Waals surface area contributed by atoms with Crippen molar-refractivity contribution < 1.29 is 0 Å². The van der Waals surface area contributed by atoms with Crippen LogP contribution in [0.3, 0.4) is 0 Å². The van der Waals surface area contributed by atoms with Gasteiger partial charge < -0.3 is 4.57 Å². The number of fused-ring (bicyclic) bond motifs is 6. The van der Waals surface area contributed by atoms with E-state index in [-0.39, 0.29) is 0 Å². The molecule has 8 aromatic carbocycles. The number of hydrogen-bond acceptors (Lipinski definition) is 3. The van der Waals surface area contributed by atoms with E-state index in [1.165, 1.54) is 32.9 Å². The third-order valence-corrected chi connectivity index (χ3v) is 10.8. The highest BCUT2D eigenvalue weighted by molar-refractivity contribution is 6.17. The molecule has 5 nitrogen and oxygen atoms in total. The highest BCUT2D eigenvalue weighted by atomic mass is 15.2. The molecule has 0 radical (unpaired) electrons. The maximum absolute atomic E-state index is 5.14. The lowest BCUT2D eigenvalue weighted by Crippen LogP contribution is -2.06. The third-order valence-electron chi connectivity index (χ3n) is 10.8. The van der Waals surface area contributed by atoms with Crippen LogP contribution in [0.4, 0.5) is 0 Å². The van der Waals surface area contributed by atoms with Gasteiger partial charge in [-0.3, -0.25) is 4.57 Å². The van der Waals surface area contributed by atoms with Gasteiger partial charge in [-0.2, -0.15) is 9.97 Å². The van der Waals surface area contributed by atoms with E-state index in [1.54, 1.807) is 0 Å². The minimum atomic E-state index is 0.580. The van der Waals surface area contributed by atoms with Crippen LogP contribution in [0.1, 0.15) is 0 Å². The smallest absolute Gasteiger partial charge is 0.238 e. The zero-order chi connectivity index (χ0) is 37.0. The van der Waals surface area contributed by atoms with Crippen LogP contribution in [0.5, 0.6) is 0 Å². The van der Waals surface area contributed by atoms with E-state index in [0.717, 1.165) is 49.7 Å². The summed E-state index contributed by atoms with van der Waals surface area (Å²) in [5.41, 5.74) is 12.1. The van der Waals surface area contributed by atoms with Crippen molar-refractivity contribution >= 4 is 43.6 Å². The summed E-state index contributed by atoms with van der Waals surface area (Å²) in [6.07, 6.45) is 0. The highest BCUT2D eigenvalue weighted by Crippen LogP contribution is 2.42. The molecule has 0 saturated carbocycles. The first-order valence-electron chi connectivity index (χ1n) is 18.9. The van der Waals surface area contributed by atoms with Gasteiger partial charge in [0.2, 0.25) is 5.95 Å². The topological polar surface area (TPSA) is 48.5 Å². The number of aromatic nitrogens is 5. The summed E-state index contributed by atoms with van der Waals surface area (Å²) in [6.45, 7) is 0. The van der Waals surface area contributed by atoms with Gasteiger partial charge in [0.15, 0.2) is 11.6 Å². The van der Waals surface area contributed by atoms with Gasteiger partial charge in [-0.25, -0.2) is 4.98 Å². The lowest BCUT2D eigenvalue weighted by atomic mass is 9.94. The number of para-hydroxylation sites is 3. The lowest BCUT2D eigenvalue weighted by molar-refractivity contribution is 0.953. The SMILES string of the molecule is c1ccc(-c2nc(-c3ccccc3)nc(-n3c4ccccc4c4c(-c5cccc(-c6cccc7c6c6ccccc6n7-c6ccccc6)c5)cccc43)n2)cc1. The van der Waals surface area contributed by atoms with Crippen LogP contribution in [0.15, 0.2) is 200 Å². The van der Waals surface area contributed by atoms with Crippen molar-refractivity contribution in [1.29, 1.82) is 0 Å². The second-order valence-electron chi connectivity index (χ2n) is 14.0. The van der Waals surface area contributed by atoms with Gasteiger partial charge in [-0.1, -0.05) is 158 Å². The quantitative estimate of drug-likeness (QED) is 0.172. The van der Waals surface area contributed by atoms with E-state index >= 15 is 0 Å². The zero-order valence-electron chi connectivity index (χ0n) is 30.3. The van der Waals surface area contributed by atoms with Gasteiger partial charge in [-0.05, 0) is 64.7 Å². The molecular weight excluding hydrogens is 683 g/mol. The van der Waals surface area contributed by atoms with Gasteiger partial charge >= 0.3 is 0 Å². The number of nitrogens with zero attached hydrogens (tertiary/aromatic N) is 5. The molecule has 0 N–H and O–H groups in total. The Labute approximate surface area is 323 Å². The van der Waals surface area contributed by atoms with Crippen molar-refractivity contribution in [3.8, 4) is 56.7 Å². The van der Waals surface area contributed by atoms with E-state index in [9.17, 15) is 0 Å². The Balaban J connectivity index is 1.12. The third kappa shape index (κ3) is 5.13. The molecule has 0 fully saturated rings. The van der Waals surface area contributed by atoms with Gasteiger partial charge in [0.05, 0.1) is 22.1 Å². The Morgan fingerprint density at radius 2 is 0.714 bits per heavy atom. The van der Waals surface area contributed by atoms with Crippen LogP contribution in [0.25, 0.3) is 100 Å². The molecule has 0 bridgehead atoms. The Hall–Kier alpha value is -7.63. The summed E-state index contributed by atoms with van der Waals surface area (Å²) in [7, 11) is 0. The minimum Gasteiger partial charge on any atom is -0.309 e. The molecule has 0 unspecified atom stereocenters. The Morgan fingerprint density at radius 3 is 1.27 bits per heavy atom. The molecule has 3 heterocycles. The molecule has 0 aliphatic carbocycles. The fourth-order valence-electron chi connectivity index (χ4n) is 8.34. The average molecular weight is 716 g/mol. The normalized spacial score (nSPS) is 11.6. The maximum atomic E-state index is 5.14. The first-order valence-corrected chi connectivity index (χ1v) is 18.9. The number of rotatable bonds is 6. The number of hydrogen-bond donors (Lipinski definition) is 0. The maximum Gasteiger partial charge on any atom is 0.238 e. The van der Waals surface area contributed by atoms with E-state index in [1.807, 2.05) is 60.7 Å². The summed E-state index contributed by atoms with van der Waals surface area (Å²) >= 11 is 0. The van der Waals surface area contributed by atoms with Crippen LogP contribution in [-0.2, 0) is 0 Å². The summed E-state index contributed by atoms with van der Waals surface area (Å²) in [6, 6.07) is 70.4. The van der Waals surface area contributed by atoms with Gasteiger partial charge in [0.1, 0.15) is 0 Å².